The Bertz CT molecular complexity index is 582. The van der Waals surface area contributed by atoms with Crippen LogP contribution in [0.3, 0.4) is 0 Å². The molecule has 0 saturated carbocycles. The zero-order valence-electron chi connectivity index (χ0n) is 13.7. The zero-order chi connectivity index (χ0) is 17.0. The van der Waals surface area contributed by atoms with Gasteiger partial charge in [-0.25, -0.2) is 4.79 Å². The number of benzene rings is 1. The molecule has 5 nitrogen and oxygen atoms in total. The number of hydrogen-bond donors (Lipinski definition) is 0. The number of hydrogen-bond acceptors (Lipinski definition) is 4. The van der Waals surface area contributed by atoms with Crippen molar-refractivity contribution in [2.24, 2.45) is 0 Å². The smallest absolute Gasteiger partial charge is 0.410 e. The van der Waals surface area contributed by atoms with Gasteiger partial charge in [-0.1, -0.05) is 23.7 Å². The summed E-state index contributed by atoms with van der Waals surface area (Å²) in [5, 5.41) is 0.514. The second kappa shape index (κ2) is 7.32. The molecule has 0 bridgehead atoms. The molecule has 0 aromatic heterocycles. The molecular weight excluding hydrogens is 318 g/mol. The Balaban J connectivity index is 2.06. The number of carbonyl (C=O) groups excluding carboxylic acids is 2. The molecule has 1 fully saturated rings. The van der Waals surface area contributed by atoms with Crippen LogP contribution in [0.4, 0.5) is 4.79 Å². The lowest BCUT2D eigenvalue weighted by atomic mass is 10.0. The van der Waals surface area contributed by atoms with Crippen LogP contribution in [0.1, 0.15) is 37.6 Å². The predicted octanol–water partition coefficient (Wildman–Crippen LogP) is 3.55. The van der Waals surface area contributed by atoms with E-state index < -0.39 is 11.7 Å². The van der Waals surface area contributed by atoms with Crippen LogP contribution >= 0.6 is 11.6 Å². The zero-order valence-corrected chi connectivity index (χ0v) is 14.4. The summed E-state index contributed by atoms with van der Waals surface area (Å²) in [5.41, 5.74) is -0.0381. The summed E-state index contributed by atoms with van der Waals surface area (Å²) in [4.78, 5) is 26.3. The largest absolute Gasteiger partial charge is 0.444 e. The van der Waals surface area contributed by atoms with Gasteiger partial charge in [0.05, 0.1) is 19.3 Å². The first-order valence-electron chi connectivity index (χ1n) is 7.62. The maximum Gasteiger partial charge on any atom is 0.410 e. The van der Waals surface area contributed by atoms with Crippen molar-refractivity contribution >= 4 is 23.5 Å². The van der Waals surface area contributed by atoms with Gasteiger partial charge in [-0.15, -0.1) is 0 Å². The Morgan fingerprint density at radius 1 is 1.39 bits per heavy atom. The molecule has 1 atom stereocenters. The van der Waals surface area contributed by atoms with Crippen LogP contribution < -0.4 is 0 Å². The summed E-state index contributed by atoms with van der Waals surface area (Å²) in [6.07, 6.45) is -0.232. The van der Waals surface area contributed by atoms with E-state index in [1.807, 2.05) is 20.8 Å². The van der Waals surface area contributed by atoms with E-state index in [1.165, 1.54) is 0 Å². The Labute approximate surface area is 141 Å². The van der Waals surface area contributed by atoms with Crippen LogP contribution in [0.2, 0.25) is 5.02 Å². The van der Waals surface area contributed by atoms with Crippen LogP contribution in [0, 0.1) is 0 Å². The SMILES string of the molecule is CC(C)(C)OC(=O)N1CCOCC1CC(=O)c1cccc(Cl)c1. The minimum absolute atomic E-state index is 0.0726. The van der Waals surface area contributed by atoms with Crippen molar-refractivity contribution < 1.29 is 19.1 Å². The molecule has 23 heavy (non-hydrogen) atoms. The van der Waals surface area contributed by atoms with Crippen molar-refractivity contribution in [1.29, 1.82) is 0 Å². The standard InChI is InChI=1S/C17H22ClNO4/c1-17(2,3)23-16(21)19-7-8-22-11-14(19)10-15(20)12-5-4-6-13(18)9-12/h4-6,9,14H,7-8,10-11H2,1-3H3. The normalized spacial score (nSPS) is 18.6. The van der Waals surface area contributed by atoms with Gasteiger partial charge in [-0.05, 0) is 32.9 Å². The molecule has 1 saturated heterocycles. The summed E-state index contributed by atoms with van der Waals surface area (Å²) < 4.78 is 10.8. The Kier molecular flexibility index (Phi) is 5.65. The van der Waals surface area contributed by atoms with Gasteiger partial charge in [-0.2, -0.15) is 0 Å². The second-order valence-electron chi connectivity index (χ2n) is 6.54. The number of carbonyl (C=O) groups is 2. The molecule has 0 spiro atoms. The number of halogens is 1. The maximum absolute atomic E-state index is 12.4. The summed E-state index contributed by atoms with van der Waals surface area (Å²) in [6, 6.07) is 6.47. The first-order valence-corrected chi connectivity index (χ1v) is 8.00. The van der Waals surface area contributed by atoms with Crippen molar-refractivity contribution in [2.45, 2.75) is 38.8 Å². The lowest BCUT2D eigenvalue weighted by Gasteiger charge is -2.36. The van der Waals surface area contributed by atoms with E-state index in [2.05, 4.69) is 0 Å². The van der Waals surface area contributed by atoms with Gasteiger partial charge in [0.2, 0.25) is 0 Å². The van der Waals surface area contributed by atoms with Crippen molar-refractivity contribution in [1.82, 2.24) is 4.90 Å². The van der Waals surface area contributed by atoms with Crippen LogP contribution in [0.5, 0.6) is 0 Å². The summed E-state index contributed by atoms with van der Waals surface area (Å²) >= 11 is 5.92. The molecule has 126 valence electrons. The average molecular weight is 340 g/mol. The summed E-state index contributed by atoms with van der Waals surface area (Å²) in [5.74, 6) is -0.0726. The molecule has 6 heteroatoms. The lowest BCUT2D eigenvalue weighted by molar-refractivity contribution is -0.0322. The fourth-order valence-corrected chi connectivity index (χ4v) is 2.57. The molecule has 1 heterocycles. The molecular formula is C17H22ClNO4. The third-order valence-corrected chi connectivity index (χ3v) is 3.66. The van der Waals surface area contributed by atoms with E-state index in [0.29, 0.717) is 30.3 Å². The quantitative estimate of drug-likeness (QED) is 0.790. The lowest BCUT2D eigenvalue weighted by Crippen LogP contribution is -2.51. The highest BCUT2D eigenvalue weighted by atomic mass is 35.5. The number of nitrogens with zero attached hydrogens (tertiary/aromatic N) is 1. The van der Waals surface area contributed by atoms with E-state index >= 15 is 0 Å². The molecule has 0 radical (unpaired) electrons. The first kappa shape index (κ1) is 17.8. The van der Waals surface area contributed by atoms with Crippen molar-refractivity contribution in [3.05, 3.63) is 34.9 Å². The minimum atomic E-state index is -0.573. The first-order chi connectivity index (χ1) is 10.8. The van der Waals surface area contributed by atoms with E-state index in [0.717, 1.165) is 0 Å². The third-order valence-electron chi connectivity index (χ3n) is 3.42. The fraction of sp³-hybridized carbons (Fsp3) is 0.529. The van der Waals surface area contributed by atoms with Gasteiger partial charge in [0.25, 0.3) is 0 Å². The Hall–Kier alpha value is -1.59. The van der Waals surface area contributed by atoms with Gasteiger partial charge >= 0.3 is 6.09 Å². The highest BCUT2D eigenvalue weighted by Gasteiger charge is 2.32. The van der Waals surface area contributed by atoms with Gasteiger partial charge in [0.15, 0.2) is 5.78 Å². The van der Waals surface area contributed by atoms with Crippen LogP contribution in [-0.4, -0.2) is 48.2 Å². The fourth-order valence-electron chi connectivity index (χ4n) is 2.38. The molecule has 2 rings (SSSR count). The molecule has 1 aliphatic rings. The number of rotatable bonds is 3. The molecule has 1 aromatic carbocycles. The van der Waals surface area contributed by atoms with Crippen LogP contribution in [0.25, 0.3) is 0 Å². The summed E-state index contributed by atoms with van der Waals surface area (Å²) in [6.45, 7) is 6.64. The number of Topliss-reactive ketones (excluding diaryl/α,β-unsaturated/α-hetero) is 1. The predicted molar refractivity (Wildman–Crippen MR) is 87.9 cm³/mol. The molecule has 1 amide bonds. The Morgan fingerprint density at radius 2 is 2.13 bits per heavy atom. The number of amides is 1. The second-order valence-corrected chi connectivity index (χ2v) is 6.98. The van der Waals surface area contributed by atoms with Gasteiger partial charge in [-0.3, -0.25) is 4.79 Å². The molecule has 1 aliphatic heterocycles. The number of ether oxygens (including phenoxy) is 2. The number of morpholine rings is 1. The minimum Gasteiger partial charge on any atom is -0.444 e. The van der Waals surface area contributed by atoms with Gasteiger partial charge in [0, 0.05) is 23.6 Å². The highest BCUT2D eigenvalue weighted by Crippen LogP contribution is 2.19. The van der Waals surface area contributed by atoms with Crippen molar-refractivity contribution in [2.75, 3.05) is 19.8 Å². The van der Waals surface area contributed by atoms with Crippen LogP contribution in [-0.2, 0) is 9.47 Å². The van der Waals surface area contributed by atoms with E-state index in [9.17, 15) is 9.59 Å². The van der Waals surface area contributed by atoms with Crippen LogP contribution in [0.15, 0.2) is 24.3 Å². The van der Waals surface area contributed by atoms with E-state index in [1.54, 1.807) is 29.2 Å². The molecule has 0 aliphatic carbocycles. The van der Waals surface area contributed by atoms with E-state index in [4.69, 9.17) is 21.1 Å². The van der Waals surface area contributed by atoms with Crippen molar-refractivity contribution in [3.8, 4) is 0 Å². The van der Waals surface area contributed by atoms with Gasteiger partial charge < -0.3 is 14.4 Å². The van der Waals surface area contributed by atoms with Crippen molar-refractivity contribution in [3.63, 3.8) is 0 Å². The highest BCUT2D eigenvalue weighted by molar-refractivity contribution is 6.31. The van der Waals surface area contributed by atoms with Gasteiger partial charge in [0.1, 0.15) is 5.60 Å². The van der Waals surface area contributed by atoms with E-state index in [-0.39, 0.29) is 18.2 Å². The Morgan fingerprint density at radius 3 is 2.78 bits per heavy atom. The maximum atomic E-state index is 12.4. The molecule has 1 aromatic rings. The summed E-state index contributed by atoms with van der Waals surface area (Å²) in [7, 11) is 0. The third kappa shape index (κ3) is 5.22. The molecule has 1 unspecified atom stereocenters. The monoisotopic (exact) mass is 339 g/mol. The average Bonchev–Trinajstić information content (AvgIpc) is 2.46. The topological polar surface area (TPSA) is 55.8 Å². The molecule has 0 N–H and O–H groups in total. The number of ketones is 1.